The van der Waals surface area contributed by atoms with Crippen molar-refractivity contribution < 1.29 is 0 Å². The van der Waals surface area contributed by atoms with E-state index >= 15 is 0 Å². The first-order valence-electron chi connectivity index (χ1n) is 6.61. The summed E-state index contributed by atoms with van der Waals surface area (Å²) in [6, 6.07) is 4.30. The molecule has 0 radical (unpaired) electrons. The number of hydrogen-bond acceptors (Lipinski definition) is 3. The van der Waals surface area contributed by atoms with Crippen LogP contribution in [0.3, 0.4) is 0 Å². The van der Waals surface area contributed by atoms with E-state index in [2.05, 4.69) is 41.2 Å². The number of nitriles is 1. The van der Waals surface area contributed by atoms with Crippen molar-refractivity contribution in [3.63, 3.8) is 0 Å². The van der Waals surface area contributed by atoms with E-state index in [4.69, 9.17) is 0 Å². The number of hydrogen-bond donors (Lipinski definition) is 1. The maximum Gasteiger partial charge on any atom is 0.163 e. The summed E-state index contributed by atoms with van der Waals surface area (Å²) in [5.41, 5.74) is 5.73. The van der Waals surface area contributed by atoms with Crippen LogP contribution in [0, 0.1) is 18.3 Å². The Hall–Kier alpha value is -2.61. The summed E-state index contributed by atoms with van der Waals surface area (Å²) in [6.45, 7) is 4.18. The smallest absolute Gasteiger partial charge is 0.163 e. The van der Waals surface area contributed by atoms with E-state index < -0.39 is 0 Å². The lowest BCUT2D eigenvalue weighted by molar-refractivity contribution is 0.997. The molecule has 3 rings (SSSR count). The summed E-state index contributed by atoms with van der Waals surface area (Å²) in [7, 11) is 0. The van der Waals surface area contributed by atoms with Crippen molar-refractivity contribution in [3.8, 4) is 6.07 Å². The minimum Gasteiger partial charge on any atom is -0.302 e. The van der Waals surface area contributed by atoms with E-state index in [0.717, 1.165) is 28.9 Å². The van der Waals surface area contributed by atoms with Gasteiger partial charge in [0.1, 0.15) is 11.7 Å². The fourth-order valence-corrected chi connectivity index (χ4v) is 2.53. The van der Waals surface area contributed by atoms with Crippen LogP contribution in [-0.4, -0.2) is 19.6 Å². The zero-order valence-corrected chi connectivity index (χ0v) is 11.5. The number of H-pyrrole nitrogens is 1. The Bertz CT molecular complexity index is 790. The monoisotopic (exact) mass is 265 g/mol. The van der Waals surface area contributed by atoms with E-state index in [1.54, 1.807) is 6.20 Å². The number of rotatable bonds is 3. The first-order chi connectivity index (χ1) is 9.74. The molecule has 0 bridgehead atoms. The Morgan fingerprint density at radius 3 is 2.95 bits per heavy atom. The molecule has 3 aromatic heterocycles. The third-order valence-corrected chi connectivity index (χ3v) is 3.67. The molecule has 3 heterocycles. The average Bonchev–Trinajstić information content (AvgIpc) is 3.08. The van der Waals surface area contributed by atoms with Crippen LogP contribution in [0.1, 0.15) is 35.0 Å². The highest BCUT2D eigenvalue weighted by Crippen LogP contribution is 2.21. The zero-order chi connectivity index (χ0) is 14.1. The van der Waals surface area contributed by atoms with Crippen molar-refractivity contribution in [2.75, 3.05) is 0 Å². The lowest BCUT2D eigenvalue weighted by atomic mass is 10.1. The Balaban J connectivity index is 2.20. The highest BCUT2D eigenvalue weighted by atomic mass is 15.1. The highest BCUT2D eigenvalue weighted by molar-refractivity contribution is 5.56. The van der Waals surface area contributed by atoms with Crippen LogP contribution in [0.5, 0.6) is 0 Å². The summed E-state index contributed by atoms with van der Waals surface area (Å²) >= 11 is 0. The van der Waals surface area contributed by atoms with Crippen LogP contribution in [0.2, 0.25) is 0 Å². The second kappa shape index (κ2) is 4.82. The molecule has 0 unspecified atom stereocenters. The number of fused-ring (bicyclic) bond motifs is 1. The predicted octanol–water partition coefficient (Wildman–Crippen LogP) is 2.39. The maximum atomic E-state index is 9.32. The highest BCUT2D eigenvalue weighted by Gasteiger charge is 2.15. The second-order valence-electron chi connectivity index (χ2n) is 4.82. The molecule has 0 atom stereocenters. The number of nitrogens with zero attached hydrogens (tertiary/aromatic N) is 4. The van der Waals surface area contributed by atoms with Gasteiger partial charge in [-0.2, -0.15) is 10.4 Å². The van der Waals surface area contributed by atoms with Gasteiger partial charge >= 0.3 is 0 Å². The third-order valence-electron chi connectivity index (χ3n) is 3.67. The largest absolute Gasteiger partial charge is 0.302 e. The van der Waals surface area contributed by atoms with Gasteiger partial charge in [-0.1, -0.05) is 6.92 Å². The minimum atomic E-state index is 0.488. The summed E-state index contributed by atoms with van der Waals surface area (Å²) in [4.78, 5) is 4.49. The molecule has 1 N–H and O–H groups in total. The van der Waals surface area contributed by atoms with E-state index in [9.17, 15) is 5.26 Å². The quantitative estimate of drug-likeness (QED) is 0.790. The standard InChI is InChI=1S/C15H15N5/c1-3-12-4-5-20-14(6-11-8-17-18-9-11)13(7-16)19-15(20)10(12)2/h4-5,8-9H,3,6H2,1-2H3,(H,17,18). The van der Waals surface area contributed by atoms with Gasteiger partial charge in [0.05, 0.1) is 11.9 Å². The van der Waals surface area contributed by atoms with Crippen LogP contribution in [0.15, 0.2) is 24.7 Å². The summed E-state index contributed by atoms with van der Waals surface area (Å²) in [5.74, 6) is 0. The van der Waals surface area contributed by atoms with Gasteiger partial charge in [-0.3, -0.25) is 5.10 Å². The summed E-state index contributed by atoms with van der Waals surface area (Å²) in [6.07, 6.45) is 7.23. The summed E-state index contributed by atoms with van der Waals surface area (Å²) in [5, 5.41) is 16.1. The fraction of sp³-hybridized carbons (Fsp3) is 0.267. The molecule has 20 heavy (non-hydrogen) atoms. The van der Waals surface area contributed by atoms with Gasteiger partial charge in [0.25, 0.3) is 0 Å². The molecule has 100 valence electrons. The number of nitrogens with one attached hydrogen (secondary N) is 1. The maximum absolute atomic E-state index is 9.32. The van der Waals surface area contributed by atoms with Gasteiger partial charge in [0.2, 0.25) is 0 Å². The first-order valence-corrected chi connectivity index (χ1v) is 6.61. The minimum absolute atomic E-state index is 0.488. The molecule has 5 heteroatoms. The van der Waals surface area contributed by atoms with Gasteiger partial charge in [0, 0.05) is 18.8 Å². The lowest BCUT2D eigenvalue weighted by Gasteiger charge is -2.06. The van der Waals surface area contributed by atoms with E-state index in [-0.39, 0.29) is 0 Å². The molecular weight excluding hydrogens is 250 g/mol. The van der Waals surface area contributed by atoms with Crippen LogP contribution in [0.4, 0.5) is 0 Å². The van der Waals surface area contributed by atoms with Crippen LogP contribution in [-0.2, 0) is 12.8 Å². The van der Waals surface area contributed by atoms with E-state index in [0.29, 0.717) is 12.1 Å². The number of aromatic nitrogens is 4. The van der Waals surface area contributed by atoms with Crippen molar-refractivity contribution in [3.05, 3.63) is 52.7 Å². The Kier molecular flexibility index (Phi) is 2.99. The van der Waals surface area contributed by atoms with Crippen molar-refractivity contribution in [2.45, 2.75) is 26.7 Å². The van der Waals surface area contributed by atoms with Crippen molar-refractivity contribution in [1.82, 2.24) is 19.6 Å². The first kappa shape index (κ1) is 12.4. The Morgan fingerprint density at radius 1 is 1.45 bits per heavy atom. The number of aromatic amines is 1. The molecule has 0 fully saturated rings. The molecule has 0 spiro atoms. The molecule has 5 nitrogen and oxygen atoms in total. The van der Waals surface area contributed by atoms with Crippen molar-refractivity contribution >= 4 is 5.65 Å². The normalized spacial score (nSPS) is 10.8. The Morgan fingerprint density at radius 2 is 2.30 bits per heavy atom. The molecule has 0 aromatic carbocycles. The van der Waals surface area contributed by atoms with Crippen molar-refractivity contribution in [2.24, 2.45) is 0 Å². The molecule has 0 aliphatic carbocycles. The molecule has 0 amide bonds. The van der Waals surface area contributed by atoms with Gasteiger partial charge < -0.3 is 4.40 Å². The predicted molar refractivity (Wildman–Crippen MR) is 75.4 cm³/mol. The van der Waals surface area contributed by atoms with Gasteiger partial charge in [-0.25, -0.2) is 4.98 Å². The number of imidazole rings is 1. The zero-order valence-electron chi connectivity index (χ0n) is 11.5. The molecular formula is C15H15N5. The van der Waals surface area contributed by atoms with Crippen LogP contribution < -0.4 is 0 Å². The van der Waals surface area contributed by atoms with E-state index in [1.807, 2.05) is 16.8 Å². The third kappa shape index (κ3) is 1.86. The molecule has 0 aliphatic heterocycles. The van der Waals surface area contributed by atoms with E-state index in [1.165, 1.54) is 5.56 Å². The topological polar surface area (TPSA) is 69.8 Å². The lowest BCUT2D eigenvalue weighted by Crippen LogP contribution is -1.98. The van der Waals surface area contributed by atoms with Crippen molar-refractivity contribution in [1.29, 1.82) is 5.26 Å². The van der Waals surface area contributed by atoms with Gasteiger partial charge in [0.15, 0.2) is 5.69 Å². The average molecular weight is 265 g/mol. The molecule has 3 aromatic rings. The van der Waals surface area contributed by atoms with Crippen LogP contribution >= 0.6 is 0 Å². The molecule has 0 aliphatic rings. The number of aryl methyl sites for hydroxylation is 2. The fourth-order valence-electron chi connectivity index (χ4n) is 2.53. The SMILES string of the molecule is CCc1ccn2c(Cc3cn[nH]c3)c(C#N)nc2c1C. The van der Waals surface area contributed by atoms with Gasteiger partial charge in [-0.05, 0) is 36.1 Å². The van der Waals surface area contributed by atoms with Crippen LogP contribution in [0.25, 0.3) is 5.65 Å². The second-order valence-corrected chi connectivity index (χ2v) is 4.82. The molecule has 0 saturated heterocycles. The Labute approximate surface area is 116 Å². The molecule has 0 saturated carbocycles. The van der Waals surface area contributed by atoms with Gasteiger partial charge in [-0.15, -0.1) is 0 Å². The number of pyridine rings is 1. The summed E-state index contributed by atoms with van der Waals surface area (Å²) < 4.78 is 2.01.